The van der Waals surface area contributed by atoms with Gasteiger partial charge >= 0.3 is 0 Å². The Morgan fingerprint density at radius 2 is 1.02 bits per heavy atom. The number of hydrogen-bond donors (Lipinski definition) is 0. The fourth-order valence-electron chi connectivity index (χ4n) is 8.03. The average molecular weight is 624 g/mol. The van der Waals surface area contributed by atoms with E-state index in [-0.39, 0.29) is 13.4 Å². The highest BCUT2D eigenvalue weighted by atomic mass is 32.1. The van der Waals surface area contributed by atoms with Crippen LogP contribution in [0.3, 0.4) is 0 Å². The van der Waals surface area contributed by atoms with Gasteiger partial charge in [-0.15, -0.1) is 22.7 Å². The highest BCUT2D eigenvalue weighted by Crippen LogP contribution is 2.44. The predicted molar refractivity (Wildman–Crippen MR) is 190 cm³/mol. The minimum absolute atomic E-state index is 0.0445. The van der Waals surface area contributed by atoms with E-state index in [1.54, 1.807) is 11.3 Å². The molecule has 8 aromatic rings. The third-order valence-corrected chi connectivity index (χ3v) is 12.3. The second-order valence-electron chi connectivity index (χ2n) is 12.3. The lowest BCUT2D eigenvalue weighted by Gasteiger charge is -2.37. The van der Waals surface area contributed by atoms with Gasteiger partial charge in [-0.2, -0.15) is 0 Å². The molecule has 0 fully saturated rings. The van der Waals surface area contributed by atoms with Crippen LogP contribution >= 0.6 is 22.7 Å². The molecule has 6 heterocycles. The third kappa shape index (κ3) is 2.93. The lowest BCUT2D eigenvalue weighted by atomic mass is 9.32. The molecule has 0 aliphatic carbocycles. The summed E-state index contributed by atoms with van der Waals surface area (Å²) in [7, 11) is 0. The number of fused-ring (bicyclic) bond motifs is 14. The highest BCUT2D eigenvalue weighted by Gasteiger charge is 2.48. The zero-order valence-corrected chi connectivity index (χ0v) is 25.6. The minimum Gasteiger partial charge on any atom is -0.459 e. The Labute approximate surface area is 271 Å². The summed E-state index contributed by atoms with van der Waals surface area (Å²) in [6.45, 7) is -0.128. The molecule has 8 heteroatoms. The fourth-order valence-corrected chi connectivity index (χ4v) is 10.4. The molecule has 0 saturated carbocycles. The van der Waals surface area contributed by atoms with E-state index < -0.39 is 0 Å². The van der Waals surface area contributed by atoms with Crippen LogP contribution in [0.2, 0.25) is 0 Å². The van der Waals surface area contributed by atoms with Gasteiger partial charge in [0.15, 0.2) is 0 Å². The van der Waals surface area contributed by atoms with E-state index in [2.05, 4.69) is 91.0 Å². The highest BCUT2D eigenvalue weighted by molar-refractivity contribution is 7.33. The van der Waals surface area contributed by atoms with E-state index in [0.717, 1.165) is 78.7 Å². The Kier molecular flexibility index (Phi) is 4.37. The molecule has 4 aliphatic rings. The summed E-state index contributed by atoms with van der Waals surface area (Å²) in [6, 6.07) is 38.3. The van der Waals surface area contributed by atoms with Gasteiger partial charge in [0.25, 0.3) is 13.4 Å². The zero-order chi connectivity index (χ0) is 29.7. The van der Waals surface area contributed by atoms with Crippen LogP contribution in [0.4, 0.5) is 0 Å². The smallest absolute Gasteiger partial charge is 0.278 e. The van der Waals surface area contributed by atoms with Gasteiger partial charge in [-0.3, -0.25) is 0 Å². The standard InChI is InChI=1S/C38H18B2O4S2/c1-3-13-30-19(7-1)21-17-29-23(18-32(21)45-30)39-22-15-16-28-35(37(22)44-26-11-5-9-24(42-29)33(26)39)40-34-25(41-28)10-6-12-27(34)43-36-20-8-2-4-14-31(20)46-38(36)40/h1-18H. The summed E-state index contributed by atoms with van der Waals surface area (Å²) >= 11 is 3.63. The zero-order valence-electron chi connectivity index (χ0n) is 24.0. The van der Waals surface area contributed by atoms with E-state index >= 15 is 0 Å². The van der Waals surface area contributed by atoms with Gasteiger partial charge in [0, 0.05) is 51.4 Å². The molecular weight excluding hydrogens is 606 g/mol. The van der Waals surface area contributed by atoms with E-state index in [1.165, 1.54) is 29.6 Å². The molecule has 0 radical (unpaired) electrons. The Bertz CT molecular complexity index is 2690. The molecule has 0 saturated heterocycles. The van der Waals surface area contributed by atoms with Crippen LogP contribution in [0, 0.1) is 0 Å². The van der Waals surface area contributed by atoms with Crippen molar-refractivity contribution in [2.45, 2.75) is 0 Å². The molecule has 0 bridgehead atoms. The van der Waals surface area contributed by atoms with Gasteiger partial charge in [0.2, 0.25) is 0 Å². The summed E-state index contributed by atoms with van der Waals surface area (Å²) < 4.78 is 31.9. The summed E-state index contributed by atoms with van der Waals surface area (Å²) in [4.78, 5) is 0. The van der Waals surface area contributed by atoms with Crippen molar-refractivity contribution >= 4 is 98.4 Å². The quantitative estimate of drug-likeness (QED) is 0.176. The normalized spacial score (nSPS) is 14.3. The monoisotopic (exact) mass is 624 g/mol. The van der Waals surface area contributed by atoms with Crippen molar-refractivity contribution in [2.75, 3.05) is 0 Å². The van der Waals surface area contributed by atoms with Gasteiger partial charge in [-0.05, 0) is 71.6 Å². The lowest BCUT2D eigenvalue weighted by molar-refractivity contribution is 0.454. The van der Waals surface area contributed by atoms with Crippen LogP contribution in [0.1, 0.15) is 0 Å². The first-order valence-electron chi connectivity index (χ1n) is 15.4. The first-order valence-corrected chi connectivity index (χ1v) is 17.0. The van der Waals surface area contributed by atoms with Crippen LogP contribution in [-0.2, 0) is 0 Å². The second-order valence-corrected chi connectivity index (χ2v) is 14.4. The fraction of sp³-hybridized carbons (Fsp3) is 0. The number of benzene rings is 6. The maximum atomic E-state index is 6.98. The third-order valence-electron chi connectivity index (χ3n) is 9.94. The first kappa shape index (κ1) is 24.1. The van der Waals surface area contributed by atoms with Crippen LogP contribution in [0.25, 0.3) is 30.3 Å². The predicted octanol–water partition coefficient (Wildman–Crippen LogP) is 6.72. The molecule has 0 atom stereocenters. The molecule has 4 aliphatic heterocycles. The summed E-state index contributed by atoms with van der Waals surface area (Å²) in [6.07, 6.45) is 0. The molecule has 0 N–H and O–H groups in total. The van der Waals surface area contributed by atoms with Crippen molar-refractivity contribution in [1.82, 2.24) is 0 Å². The molecule has 0 amide bonds. The van der Waals surface area contributed by atoms with Crippen LogP contribution in [-0.4, -0.2) is 13.4 Å². The SMILES string of the molecule is c1cc2c3c(c1)Oc1c(ccc4c1B1c5sc6ccccc6c5Oc5cccc(c51)O4)B3c1cc3sc4ccccc4c3cc1O2. The Balaban J connectivity index is 1.15. The van der Waals surface area contributed by atoms with Gasteiger partial charge in [-0.25, -0.2) is 0 Å². The lowest BCUT2D eigenvalue weighted by Crippen LogP contribution is -2.62. The molecule has 212 valence electrons. The first-order chi connectivity index (χ1) is 22.8. The summed E-state index contributed by atoms with van der Waals surface area (Å²) in [5, 5.41) is 3.63. The van der Waals surface area contributed by atoms with Gasteiger partial charge in [-0.1, -0.05) is 48.5 Å². The molecule has 0 spiro atoms. The van der Waals surface area contributed by atoms with Crippen LogP contribution in [0.5, 0.6) is 46.0 Å². The van der Waals surface area contributed by atoms with Crippen molar-refractivity contribution in [1.29, 1.82) is 0 Å². The topological polar surface area (TPSA) is 36.9 Å². The maximum absolute atomic E-state index is 6.98. The summed E-state index contributed by atoms with van der Waals surface area (Å²) in [5.74, 6) is 6.87. The second kappa shape index (κ2) is 8.35. The van der Waals surface area contributed by atoms with E-state index in [1.807, 2.05) is 29.5 Å². The van der Waals surface area contributed by atoms with Crippen molar-refractivity contribution in [2.24, 2.45) is 0 Å². The molecule has 6 aromatic carbocycles. The number of rotatable bonds is 0. The van der Waals surface area contributed by atoms with Gasteiger partial charge in [0.1, 0.15) is 46.0 Å². The van der Waals surface area contributed by atoms with Crippen molar-refractivity contribution < 1.29 is 18.9 Å². The molecule has 0 unspecified atom stereocenters. The Morgan fingerprint density at radius 1 is 0.391 bits per heavy atom. The van der Waals surface area contributed by atoms with E-state index in [4.69, 9.17) is 18.9 Å². The van der Waals surface area contributed by atoms with Crippen molar-refractivity contribution in [3.8, 4) is 46.0 Å². The Hall–Kier alpha value is -5.17. The summed E-state index contributed by atoms with van der Waals surface area (Å²) in [5.41, 5.74) is 5.49. The van der Waals surface area contributed by atoms with Crippen molar-refractivity contribution in [3.63, 3.8) is 0 Å². The van der Waals surface area contributed by atoms with Crippen LogP contribution in [0.15, 0.2) is 109 Å². The Morgan fingerprint density at radius 3 is 1.83 bits per heavy atom. The average Bonchev–Trinajstić information content (AvgIpc) is 3.65. The number of ether oxygens (including phenoxy) is 4. The van der Waals surface area contributed by atoms with Crippen molar-refractivity contribution in [3.05, 3.63) is 109 Å². The van der Waals surface area contributed by atoms with Gasteiger partial charge in [0.05, 0.1) is 0 Å². The maximum Gasteiger partial charge on any atom is 0.278 e. The molecule has 46 heavy (non-hydrogen) atoms. The molecule has 2 aromatic heterocycles. The van der Waals surface area contributed by atoms with Gasteiger partial charge < -0.3 is 18.9 Å². The molecule has 12 rings (SSSR count). The van der Waals surface area contributed by atoms with Crippen LogP contribution < -0.4 is 51.0 Å². The minimum atomic E-state index is -0.0832. The van der Waals surface area contributed by atoms with E-state index in [0.29, 0.717) is 0 Å². The molecule has 4 nitrogen and oxygen atoms in total. The number of thiophene rings is 2. The molecular formula is C38H18B2O4S2. The van der Waals surface area contributed by atoms with E-state index in [9.17, 15) is 0 Å². The largest absolute Gasteiger partial charge is 0.459 e. The number of hydrogen-bond acceptors (Lipinski definition) is 6.